The smallest absolute Gasteiger partial charge is 0.260 e. The lowest BCUT2D eigenvalue weighted by molar-refractivity contribution is 0.0835. The molecule has 0 radical (unpaired) electrons. The predicted octanol–water partition coefficient (Wildman–Crippen LogP) is 2.79. The van der Waals surface area contributed by atoms with Gasteiger partial charge in [0.05, 0.1) is 11.6 Å². The van der Waals surface area contributed by atoms with Crippen molar-refractivity contribution in [3.05, 3.63) is 41.5 Å². The van der Waals surface area contributed by atoms with E-state index < -0.39 is 0 Å². The van der Waals surface area contributed by atoms with Crippen LogP contribution >= 0.6 is 0 Å². The van der Waals surface area contributed by atoms with Crippen molar-refractivity contribution < 1.29 is 9.90 Å². The highest BCUT2D eigenvalue weighted by Gasteiger charge is 2.39. The van der Waals surface area contributed by atoms with E-state index in [1.54, 1.807) is 17.0 Å². The Morgan fingerprint density at radius 2 is 2.00 bits per heavy atom. The molecule has 21 heavy (non-hydrogen) atoms. The predicted molar refractivity (Wildman–Crippen MR) is 81.8 cm³/mol. The number of amides is 1. The first-order valence-corrected chi connectivity index (χ1v) is 7.22. The SMILES string of the molecule is C[C@@H]1N=C2c3ccc4ccc(O)cc4c3C(=O)N2C[C@@H]1C. The topological polar surface area (TPSA) is 52.9 Å². The quantitative estimate of drug-likeness (QED) is 0.806. The van der Waals surface area contributed by atoms with Crippen LogP contribution in [0.5, 0.6) is 5.75 Å². The van der Waals surface area contributed by atoms with Gasteiger partial charge < -0.3 is 5.11 Å². The van der Waals surface area contributed by atoms with E-state index in [0.29, 0.717) is 18.0 Å². The summed E-state index contributed by atoms with van der Waals surface area (Å²) in [5.74, 6) is 1.31. The van der Waals surface area contributed by atoms with Gasteiger partial charge in [-0.3, -0.25) is 14.7 Å². The number of fused-ring (bicyclic) bond motifs is 5. The van der Waals surface area contributed by atoms with Gasteiger partial charge in [-0.1, -0.05) is 19.1 Å². The fraction of sp³-hybridized carbons (Fsp3) is 0.294. The van der Waals surface area contributed by atoms with Crippen LogP contribution in [0.1, 0.15) is 29.8 Å². The standard InChI is InChI=1S/C17H16N2O2/c1-9-8-19-16(18-10(9)2)13-6-4-11-3-5-12(20)7-14(11)15(13)17(19)21/h3-7,9-10,20H,8H2,1-2H3/t9-,10-/m0/s1. The fourth-order valence-corrected chi connectivity index (χ4v) is 3.17. The number of benzene rings is 2. The second-order valence-corrected chi connectivity index (χ2v) is 5.98. The number of carbonyl (C=O) groups is 1. The maximum atomic E-state index is 12.8. The first-order valence-electron chi connectivity index (χ1n) is 7.22. The van der Waals surface area contributed by atoms with Gasteiger partial charge in [-0.25, -0.2) is 0 Å². The second kappa shape index (κ2) is 4.07. The number of rotatable bonds is 0. The second-order valence-electron chi connectivity index (χ2n) is 5.98. The van der Waals surface area contributed by atoms with Crippen molar-refractivity contribution in [3.63, 3.8) is 0 Å². The van der Waals surface area contributed by atoms with Gasteiger partial charge >= 0.3 is 0 Å². The van der Waals surface area contributed by atoms with Crippen LogP contribution in [0.4, 0.5) is 0 Å². The molecule has 106 valence electrons. The van der Waals surface area contributed by atoms with Gasteiger partial charge in [0.25, 0.3) is 5.91 Å². The summed E-state index contributed by atoms with van der Waals surface area (Å²) in [5.41, 5.74) is 1.56. The molecule has 0 aromatic heterocycles. The molecule has 0 saturated carbocycles. The molecular weight excluding hydrogens is 264 g/mol. The highest BCUT2D eigenvalue weighted by atomic mass is 16.3. The number of phenols is 1. The molecule has 2 aliphatic rings. The molecule has 1 amide bonds. The Morgan fingerprint density at radius 1 is 1.24 bits per heavy atom. The van der Waals surface area contributed by atoms with Crippen molar-refractivity contribution in [2.24, 2.45) is 10.9 Å². The van der Waals surface area contributed by atoms with Gasteiger partial charge in [-0.15, -0.1) is 0 Å². The molecular formula is C17H16N2O2. The zero-order valence-corrected chi connectivity index (χ0v) is 12.0. The maximum absolute atomic E-state index is 12.8. The summed E-state index contributed by atoms with van der Waals surface area (Å²) in [7, 11) is 0. The van der Waals surface area contributed by atoms with E-state index in [1.165, 1.54) is 0 Å². The Bertz CT molecular complexity index is 810. The van der Waals surface area contributed by atoms with Gasteiger partial charge in [0.15, 0.2) is 0 Å². The Balaban J connectivity index is 2.01. The number of hydrogen-bond donors (Lipinski definition) is 1. The maximum Gasteiger partial charge on any atom is 0.260 e. The van der Waals surface area contributed by atoms with Crippen LogP contribution in [0, 0.1) is 5.92 Å². The van der Waals surface area contributed by atoms with Crippen molar-refractivity contribution >= 4 is 22.5 Å². The normalized spacial score (nSPS) is 24.0. The average Bonchev–Trinajstić information content (AvgIpc) is 2.73. The van der Waals surface area contributed by atoms with E-state index >= 15 is 0 Å². The summed E-state index contributed by atoms with van der Waals surface area (Å²) >= 11 is 0. The average molecular weight is 280 g/mol. The molecule has 0 bridgehead atoms. The largest absolute Gasteiger partial charge is 0.508 e. The van der Waals surface area contributed by atoms with E-state index in [4.69, 9.17) is 4.99 Å². The van der Waals surface area contributed by atoms with Crippen molar-refractivity contribution in [2.45, 2.75) is 19.9 Å². The highest BCUT2D eigenvalue weighted by molar-refractivity contribution is 6.28. The molecule has 2 atom stereocenters. The van der Waals surface area contributed by atoms with Gasteiger partial charge in [0, 0.05) is 12.1 Å². The number of carbonyl (C=O) groups excluding carboxylic acids is 1. The lowest BCUT2D eigenvalue weighted by Gasteiger charge is -2.30. The Labute approximate surface area is 122 Å². The molecule has 2 aliphatic heterocycles. The fourth-order valence-electron chi connectivity index (χ4n) is 3.17. The molecule has 2 aromatic carbocycles. The third-order valence-corrected chi connectivity index (χ3v) is 4.58. The van der Waals surface area contributed by atoms with Crippen LogP contribution in [0.25, 0.3) is 10.8 Å². The minimum Gasteiger partial charge on any atom is -0.508 e. The molecule has 4 rings (SSSR count). The number of nitrogens with zero attached hydrogens (tertiary/aromatic N) is 2. The summed E-state index contributed by atoms with van der Waals surface area (Å²) < 4.78 is 0. The van der Waals surface area contributed by atoms with Crippen molar-refractivity contribution in [1.29, 1.82) is 0 Å². The molecule has 0 fully saturated rings. The van der Waals surface area contributed by atoms with E-state index in [9.17, 15) is 9.90 Å². The highest BCUT2D eigenvalue weighted by Crippen LogP contribution is 2.35. The molecule has 4 heteroatoms. The number of phenolic OH excluding ortho intramolecular Hbond substituents is 1. The third kappa shape index (κ3) is 1.62. The minimum atomic E-state index is -0.00120. The number of aromatic hydroxyl groups is 1. The molecule has 4 nitrogen and oxygen atoms in total. The van der Waals surface area contributed by atoms with Crippen molar-refractivity contribution in [2.75, 3.05) is 6.54 Å². The Morgan fingerprint density at radius 3 is 2.81 bits per heavy atom. The van der Waals surface area contributed by atoms with Crippen molar-refractivity contribution in [3.8, 4) is 5.75 Å². The molecule has 2 heterocycles. The molecule has 0 unspecified atom stereocenters. The molecule has 1 N–H and O–H groups in total. The van der Waals surface area contributed by atoms with Crippen LogP contribution in [-0.2, 0) is 0 Å². The van der Waals surface area contributed by atoms with Crippen molar-refractivity contribution in [1.82, 2.24) is 4.90 Å². The number of hydrogen-bond acceptors (Lipinski definition) is 3. The summed E-state index contributed by atoms with van der Waals surface area (Å²) in [6.45, 7) is 4.91. The monoisotopic (exact) mass is 280 g/mol. The lowest BCUT2D eigenvalue weighted by Crippen LogP contribution is -2.41. The van der Waals surface area contributed by atoms with E-state index in [1.807, 2.05) is 18.2 Å². The Kier molecular flexibility index (Phi) is 2.40. The summed E-state index contributed by atoms with van der Waals surface area (Å²) in [5, 5.41) is 11.5. The molecule has 0 spiro atoms. The van der Waals surface area contributed by atoms with Gasteiger partial charge in [-0.2, -0.15) is 0 Å². The minimum absolute atomic E-state index is 0.00120. The third-order valence-electron chi connectivity index (χ3n) is 4.58. The van der Waals surface area contributed by atoms with Crippen LogP contribution in [0.2, 0.25) is 0 Å². The lowest BCUT2D eigenvalue weighted by atomic mass is 9.99. The number of amidine groups is 1. The van der Waals surface area contributed by atoms with E-state index in [2.05, 4.69) is 13.8 Å². The zero-order chi connectivity index (χ0) is 14.7. The van der Waals surface area contributed by atoms with Crippen LogP contribution < -0.4 is 0 Å². The van der Waals surface area contributed by atoms with Gasteiger partial charge in [-0.05, 0) is 41.8 Å². The summed E-state index contributed by atoms with van der Waals surface area (Å²) in [6, 6.07) is 9.31. The van der Waals surface area contributed by atoms with Crippen LogP contribution in [0.3, 0.4) is 0 Å². The number of aliphatic imine (C=N–C) groups is 1. The summed E-state index contributed by atoms with van der Waals surface area (Å²) in [6.07, 6.45) is 0. The Hall–Kier alpha value is -2.36. The zero-order valence-electron chi connectivity index (χ0n) is 12.0. The molecule has 0 aliphatic carbocycles. The van der Waals surface area contributed by atoms with E-state index in [0.717, 1.165) is 22.2 Å². The summed E-state index contributed by atoms with van der Waals surface area (Å²) in [4.78, 5) is 19.3. The van der Waals surface area contributed by atoms with Crippen LogP contribution in [0.15, 0.2) is 35.3 Å². The van der Waals surface area contributed by atoms with Gasteiger partial charge in [0.2, 0.25) is 0 Å². The first kappa shape index (κ1) is 12.4. The molecule has 2 aromatic rings. The molecule has 0 saturated heterocycles. The van der Waals surface area contributed by atoms with Crippen LogP contribution in [-0.4, -0.2) is 34.3 Å². The van der Waals surface area contributed by atoms with E-state index in [-0.39, 0.29) is 17.7 Å². The first-order chi connectivity index (χ1) is 10.1. The van der Waals surface area contributed by atoms with Gasteiger partial charge in [0.1, 0.15) is 11.6 Å².